The lowest BCUT2D eigenvalue weighted by molar-refractivity contribution is 0.318. The molecule has 1 aromatic carbocycles. The van der Waals surface area contributed by atoms with Crippen molar-refractivity contribution < 1.29 is 4.39 Å². The zero-order valence-electron chi connectivity index (χ0n) is 9.29. The van der Waals surface area contributed by atoms with E-state index in [4.69, 9.17) is 17.3 Å². The van der Waals surface area contributed by atoms with Gasteiger partial charge in [-0.3, -0.25) is 4.90 Å². The van der Waals surface area contributed by atoms with Gasteiger partial charge in [0.05, 0.1) is 0 Å². The summed E-state index contributed by atoms with van der Waals surface area (Å²) < 4.78 is 13.1. The van der Waals surface area contributed by atoms with E-state index in [9.17, 15) is 4.39 Å². The Labute approximate surface area is 100 Å². The van der Waals surface area contributed by atoms with Crippen LogP contribution in [-0.2, 0) is 6.54 Å². The number of nitrogens with zero attached hydrogens (tertiary/aromatic N) is 1. The molecule has 1 heterocycles. The number of hydrogen-bond donors (Lipinski definition) is 1. The highest BCUT2D eigenvalue weighted by Gasteiger charge is 2.26. The van der Waals surface area contributed by atoms with Gasteiger partial charge in [-0.25, -0.2) is 4.39 Å². The maximum Gasteiger partial charge on any atom is 0.123 e. The molecule has 0 spiro atoms. The number of halogens is 2. The van der Waals surface area contributed by atoms with Crippen LogP contribution >= 0.6 is 11.6 Å². The Kier molecular flexibility index (Phi) is 3.47. The Hall–Kier alpha value is -0.640. The van der Waals surface area contributed by atoms with Gasteiger partial charge in [0.25, 0.3) is 0 Å². The second kappa shape index (κ2) is 4.70. The summed E-state index contributed by atoms with van der Waals surface area (Å²) in [5.41, 5.74) is 6.78. The summed E-state index contributed by atoms with van der Waals surface area (Å²) in [5.74, 6) is 0.253. The van der Waals surface area contributed by atoms with Gasteiger partial charge < -0.3 is 5.73 Å². The van der Waals surface area contributed by atoms with Crippen LogP contribution in [0.1, 0.15) is 12.5 Å². The molecule has 1 aliphatic heterocycles. The first-order valence-corrected chi connectivity index (χ1v) is 5.86. The first kappa shape index (κ1) is 11.8. The normalized spacial score (nSPS) is 26.2. The fourth-order valence-corrected chi connectivity index (χ4v) is 2.31. The zero-order chi connectivity index (χ0) is 11.7. The highest BCUT2D eigenvalue weighted by Crippen LogP contribution is 2.22. The molecular formula is C12H16ClFN2. The quantitative estimate of drug-likeness (QED) is 0.862. The van der Waals surface area contributed by atoms with E-state index < -0.39 is 0 Å². The molecule has 2 N–H and O–H groups in total. The van der Waals surface area contributed by atoms with Gasteiger partial charge in [0.15, 0.2) is 0 Å². The monoisotopic (exact) mass is 242 g/mol. The van der Waals surface area contributed by atoms with Crippen molar-refractivity contribution in [1.29, 1.82) is 0 Å². The maximum absolute atomic E-state index is 13.1. The Balaban J connectivity index is 2.07. The lowest BCUT2D eigenvalue weighted by atomic mass is 10.1. The van der Waals surface area contributed by atoms with E-state index in [2.05, 4.69) is 11.8 Å². The van der Waals surface area contributed by atoms with Gasteiger partial charge in [0, 0.05) is 30.7 Å². The predicted molar refractivity (Wildman–Crippen MR) is 63.8 cm³/mol. The van der Waals surface area contributed by atoms with Crippen LogP contribution in [0.2, 0.25) is 5.02 Å². The molecule has 0 aliphatic carbocycles. The van der Waals surface area contributed by atoms with Gasteiger partial charge in [-0.05, 0) is 29.7 Å². The van der Waals surface area contributed by atoms with E-state index in [1.807, 2.05) is 0 Å². The lowest BCUT2D eigenvalue weighted by Crippen LogP contribution is -2.28. The van der Waals surface area contributed by atoms with Gasteiger partial charge in [0.1, 0.15) is 5.82 Å². The number of rotatable bonds is 2. The first-order chi connectivity index (χ1) is 7.56. The minimum atomic E-state index is -0.240. The zero-order valence-corrected chi connectivity index (χ0v) is 10.0. The molecule has 0 saturated carbocycles. The Bertz CT molecular complexity index is 373. The van der Waals surface area contributed by atoms with Crippen LogP contribution in [0.4, 0.5) is 4.39 Å². The van der Waals surface area contributed by atoms with Crippen molar-refractivity contribution in [3.05, 3.63) is 34.6 Å². The van der Waals surface area contributed by atoms with Crippen LogP contribution in [0.15, 0.2) is 18.2 Å². The summed E-state index contributed by atoms with van der Waals surface area (Å²) >= 11 is 6.02. The first-order valence-electron chi connectivity index (χ1n) is 5.48. The van der Waals surface area contributed by atoms with Gasteiger partial charge in [-0.15, -0.1) is 0 Å². The van der Waals surface area contributed by atoms with E-state index in [0.717, 1.165) is 18.7 Å². The van der Waals surface area contributed by atoms with E-state index >= 15 is 0 Å². The molecule has 0 radical (unpaired) electrons. The number of hydrogen-bond acceptors (Lipinski definition) is 2. The smallest absolute Gasteiger partial charge is 0.123 e. The Morgan fingerprint density at radius 3 is 2.88 bits per heavy atom. The number of likely N-dealkylation sites (tertiary alicyclic amines) is 1. The molecule has 0 bridgehead atoms. The van der Waals surface area contributed by atoms with Crippen molar-refractivity contribution in [3.63, 3.8) is 0 Å². The van der Waals surface area contributed by atoms with Gasteiger partial charge in [0.2, 0.25) is 0 Å². The predicted octanol–water partition coefficient (Wildman–Crippen LogP) is 2.26. The van der Waals surface area contributed by atoms with Gasteiger partial charge in [-0.1, -0.05) is 18.5 Å². The highest BCUT2D eigenvalue weighted by atomic mass is 35.5. The molecule has 1 aromatic rings. The van der Waals surface area contributed by atoms with Crippen LogP contribution in [0.5, 0.6) is 0 Å². The fraction of sp³-hybridized carbons (Fsp3) is 0.500. The second-order valence-corrected chi connectivity index (χ2v) is 4.98. The van der Waals surface area contributed by atoms with Crippen molar-refractivity contribution in [3.8, 4) is 0 Å². The molecular weight excluding hydrogens is 227 g/mol. The number of nitrogens with two attached hydrogens (primary N) is 1. The van der Waals surface area contributed by atoms with Crippen LogP contribution in [0, 0.1) is 11.7 Å². The summed E-state index contributed by atoms with van der Waals surface area (Å²) in [7, 11) is 0. The van der Waals surface area contributed by atoms with Crippen molar-refractivity contribution in [2.45, 2.75) is 19.5 Å². The average molecular weight is 243 g/mol. The summed E-state index contributed by atoms with van der Waals surface area (Å²) in [4.78, 5) is 2.22. The summed E-state index contributed by atoms with van der Waals surface area (Å²) in [6.07, 6.45) is 0. The maximum atomic E-state index is 13.1. The molecule has 2 nitrogen and oxygen atoms in total. The summed E-state index contributed by atoms with van der Waals surface area (Å²) in [6, 6.07) is 4.69. The summed E-state index contributed by atoms with van der Waals surface area (Å²) in [6.45, 7) is 4.62. The van der Waals surface area contributed by atoms with Crippen LogP contribution in [0.25, 0.3) is 0 Å². The molecule has 1 aliphatic rings. The molecule has 88 valence electrons. The van der Waals surface area contributed by atoms with Gasteiger partial charge >= 0.3 is 0 Å². The van der Waals surface area contributed by atoms with Crippen molar-refractivity contribution >= 4 is 11.6 Å². The van der Waals surface area contributed by atoms with Crippen molar-refractivity contribution in [2.75, 3.05) is 13.1 Å². The third kappa shape index (κ3) is 2.54. The summed E-state index contributed by atoms with van der Waals surface area (Å²) in [5, 5.41) is 0.620. The second-order valence-electron chi connectivity index (χ2n) is 4.57. The Morgan fingerprint density at radius 1 is 1.50 bits per heavy atom. The average Bonchev–Trinajstić information content (AvgIpc) is 2.52. The van der Waals surface area contributed by atoms with E-state index in [0.29, 0.717) is 17.5 Å². The SMILES string of the molecule is CC1CN(Cc2cc(F)ccc2Cl)CC1N. The fourth-order valence-electron chi connectivity index (χ4n) is 2.13. The molecule has 2 atom stereocenters. The van der Waals surface area contributed by atoms with Gasteiger partial charge in [-0.2, -0.15) is 0 Å². The molecule has 2 rings (SSSR count). The van der Waals surface area contributed by atoms with Crippen LogP contribution in [-0.4, -0.2) is 24.0 Å². The van der Waals surface area contributed by atoms with Crippen molar-refractivity contribution in [2.24, 2.45) is 11.7 Å². The molecule has 2 unspecified atom stereocenters. The molecule has 1 saturated heterocycles. The minimum Gasteiger partial charge on any atom is -0.326 e. The third-order valence-corrected chi connectivity index (χ3v) is 3.52. The molecule has 16 heavy (non-hydrogen) atoms. The topological polar surface area (TPSA) is 29.3 Å². The van der Waals surface area contributed by atoms with E-state index in [1.54, 1.807) is 6.07 Å². The molecule has 0 amide bonds. The van der Waals surface area contributed by atoms with E-state index in [1.165, 1.54) is 12.1 Å². The third-order valence-electron chi connectivity index (χ3n) is 3.15. The minimum absolute atomic E-state index is 0.215. The van der Waals surface area contributed by atoms with Crippen LogP contribution < -0.4 is 5.73 Å². The lowest BCUT2D eigenvalue weighted by Gasteiger charge is -2.16. The standard InChI is InChI=1S/C12H16ClFN2/c1-8-5-16(7-12(8)15)6-9-4-10(14)2-3-11(9)13/h2-4,8,12H,5-7,15H2,1H3. The highest BCUT2D eigenvalue weighted by molar-refractivity contribution is 6.31. The number of benzene rings is 1. The van der Waals surface area contributed by atoms with E-state index in [-0.39, 0.29) is 11.9 Å². The Morgan fingerprint density at radius 2 is 2.25 bits per heavy atom. The van der Waals surface area contributed by atoms with Crippen molar-refractivity contribution in [1.82, 2.24) is 4.90 Å². The molecule has 0 aromatic heterocycles. The molecule has 4 heteroatoms. The molecule has 1 fully saturated rings. The largest absolute Gasteiger partial charge is 0.326 e. The van der Waals surface area contributed by atoms with Crippen LogP contribution in [0.3, 0.4) is 0 Å².